The quantitative estimate of drug-likeness (QED) is 0.187. The van der Waals surface area contributed by atoms with E-state index in [4.69, 9.17) is 4.43 Å². The second-order valence-corrected chi connectivity index (χ2v) is 18.8. The second-order valence-electron chi connectivity index (χ2n) is 17.3. The fourth-order valence-corrected chi connectivity index (χ4v) is 13.8. The van der Waals surface area contributed by atoms with Crippen LogP contribution < -0.4 is 42.5 Å². The van der Waals surface area contributed by atoms with E-state index >= 15 is 0 Å². The summed E-state index contributed by atoms with van der Waals surface area (Å²) in [5.41, 5.74) is 0. The topological polar surface area (TPSA) is 105 Å². The van der Waals surface area contributed by atoms with Crippen molar-refractivity contribution < 1.29 is 4.43 Å². The zero-order chi connectivity index (χ0) is 30.5. The van der Waals surface area contributed by atoms with Crippen LogP contribution in [0.3, 0.4) is 0 Å². The second kappa shape index (κ2) is 14.2. The highest BCUT2D eigenvalue weighted by Gasteiger charge is 2.54. The van der Waals surface area contributed by atoms with Crippen molar-refractivity contribution in [2.75, 3.05) is 6.61 Å². The number of fused-ring (bicyclic) bond motifs is 20. The lowest BCUT2D eigenvalue weighted by Gasteiger charge is -2.35. The summed E-state index contributed by atoms with van der Waals surface area (Å²) in [4.78, 5) is 0. The summed E-state index contributed by atoms with van der Waals surface area (Å²) >= 11 is 0. The molecule has 4 saturated carbocycles. The maximum atomic E-state index is 5.21. The molecule has 8 N–H and O–H groups in total. The largest absolute Gasteiger partial charge is 0.424 e. The highest BCUT2D eigenvalue weighted by Crippen LogP contribution is 2.45. The average molecular weight is 655 g/mol. The smallest absolute Gasteiger partial charge is 0.161 e. The minimum absolute atomic E-state index is 0.00849. The maximum Gasteiger partial charge on any atom is 0.161 e. The minimum Gasteiger partial charge on any atom is -0.424 e. The number of rotatable bonds is 0. The number of hydrogen-bond donors (Lipinski definition) is 8. The van der Waals surface area contributed by atoms with Gasteiger partial charge in [-0.1, -0.05) is 57.8 Å². The maximum absolute atomic E-state index is 5.21. The monoisotopic (exact) mass is 655 g/mol. The molecule has 46 heavy (non-hydrogen) atoms. The molecule has 6 heterocycles. The first-order valence-corrected chi connectivity index (χ1v) is 22.0. The molecule has 0 aromatic rings. The van der Waals surface area contributed by atoms with Gasteiger partial charge in [0.2, 0.25) is 0 Å². The van der Waals surface area contributed by atoms with E-state index in [1.165, 1.54) is 122 Å². The van der Waals surface area contributed by atoms with Gasteiger partial charge in [-0.25, -0.2) is 0 Å². The molecule has 0 aromatic carbocycles. The molecule has 260 valence electrons. The van der Waals surface area contributed by atoms with Gasteiger partial charge < -0.3 is 4.43 Å². The van der Waals surface area contributed by atoms with Crippen LogP contribution in [0.4, 0.5) is 0 Å². The Kier molecular flexibility index (Phi) is 9.84. The number of hydrogen-bond acceptors (Lipinski definition) is 9. The zero-order valence-electron chi connectivity index (χ0n) is 28.5. The van der Waals surface area contributed by atoms with Crippen molar-refractivity contribution in [3.8, 4) is 0 Å². The summed E-state index contributed by atoms with van der Waals surface area (Å²) in [6, 6.07) is 1.42. The molecule has 0 spiro atoms. The van der Waals surface area contributed by atoms with E-state index < -0.39 is 0 Å². The summed E-state index contributed by atoms with van der Waals surface area (Å²) in [7, 11) is 0.00849. The van der Waals surface area contributed by atoms with Crippen LogP contribution in [-0.2, 0) is 4.43 Å². The van der Waals surface area contributed by atoms with Gasteiger partial charge in [-0.3, -0.25) is 42.5 Å². The van der Waals surface area contributed by atoms with Crippen molar-refractivity contribution in [3.05, 3.63) is 0 Å². The Morgan fingerprint density at radius 1 is 0.304 bits per heavy atom. The molecule has 4 aliphatic carbocycles. The standard InChI is InChI=1S/C32H56N8.C4H10OSi/c1-2-10-18-17(9-1)25-33-26(18)38-28-21-13-5-6-14-22(21)30(35-28)40-32-24-16-8-7-15-23(24)31(36-32)39-29-20-12-4-3-11-19(20)27(34-29)37-25;1-2-4-6-5-3-1/h17-40H,1-16H2;1-4,6H2. The van der Waals surface area contributed by atoms with E-state index in [2.05, 4.69) is 42.5 Å². The molecule has 9 nitrogen and oxygen atoms in total. The minimum atomic E-state index is 0.00849. The summed E-state index contributed by atoms with van der Waals surface area (Å²) < 4.78 is 5.21. The highest BCUT2D eigenvalue weighted by atomic mass is 28.2. The molecule has 8 bridgehead atoms. The summed E-state index contributed by atoms with van der Waals surface area (Å²) in [5.74, 6) is 5.97. The molecule has 6 saturated heterocycles. The van der Waals surface area contributed by atoms with Crippen LogP contribution in [0, 0.1) is 47.3 Å². The van der Waals surface area contributed by atoms with E-state index in [9.17, 15) is 0 Å². The van der Waals surface area contributed by atoms with Gasteiger partial charge in [-0.15, -0.1) is 0 Å². The lowest BCUT2D eigenvalue weighted by molar-refractivity contribution is 0.167. The van der Waals surface area contributed by atoms with Gasteiger partial charge in [0.15, 0.2) is 9.76 Å². The molecule has 8 atom stereocenters. The van der Waals surface area contributed by atoms with Crippen molar-refractivity contribution in [1.29, 1.82) is 0 Å². The molecule has 0 aromatic heterocycles. The Bertz CT molecular complexity index is 801. The predicted molar refractivity (Wildman–Crippen MR) is 186 cm³/mol. The molecule has 6 aliphatic heterocycles. The third-order valence-corrected chi connectivity index (χ3v) is 16.2. The van der Waals surface area contributed by atoms with Crippen molar-refractivity contribution in [1.82, 2.24) is 42.5 Å². The Labute approximate surface area is 281 Å². The molecule has 10 rings (SSSR count). The van der Waals surface area contributed by atoms with Crippen LogP contribution in [0.1, 0.15) is 116 Å². The van der Waals surface area contributed by atoms with Crippen LogP contribution in [0.25, 0.3) is 0 Å². The molecular formula is C36H66N8OSi. The van der Waals surface area contributed by atoms with Crippen LogP contribution in [-0.4, -0.2) is 65.7 Å². The molecule has 0 radical (unpaired) electrons. The molecule has 8 unspecified atom stereocenters. The van der Waals surface area contributed by atoms with Gasteiger partial charge in [0.05, 0.1) is 49.3 Å². The summed E-state index contributed by atoms with van der Waals surface area (Å²) in [6.07, 6.45) is 28.3. The molecule has 10 heteroatoms. The van der Waals surface area contributed by atoms with Crippen LogP contribution in [0.15, 0.2) is 0 Å². The SMILES string of the molecule is C1CCC2C3NC(NC4NC(NC5NC(NC6NC(N3)C3CCCCC63)C3CCCCC53)C3CCCCC43)C2C1.C1CC[SiH2]OC1. The van der Waals surface area contributed by atoms with Crippen LogP contribution >= 0.6 is 0 Å². The van der Waals surface area contributed by atoms with E-state index in [1.807, 2.05) is 0 Å². The first-order chi connectivity index (χ1) is 22.8. The van der Waals surface area contributed by atoms with E-state index in [0.29, 0.717) is 49.3 Å². The Morgan fingerprint density at radius 3 is 0.674 bits per heavy atom. The average Bonchev–Trinajstić information content (AvgIpc) is 3.85. The van der Waals surface area contributed by atoms with Gasteiger partial charge in [0.1, 0.15) is 0 Å². The normalized spacial score (nSPS) is 53.7. The molecule has 10 aliphatic rings. The third kappa shape index (κ3) is 6.21. The first-order valence-electron chi connectivity index (χ1n) is 20.5. The van der Waals surface area contributed by atoms with Gasteiger partial charge >= 0.3 is 0 Å². The van der Waals surface area contributed by atoms with Crippen molar-refractivity contribution in [2.24, 2.45) is 47.3 Å². The summed E-state index contributed by atoms with van der Waals surface area (Å²) in [5, 5.41) is 33.8. The lowest BCUT2D eigenvalue weighted by Crippen LogP contribution is -2.61. The first kappa shape index (κ1) is 31.8. The van der Waals surface area contributed by atoms with Crippen LogP contribution in [0.2, 0.25) is 6.04 Å². The molecular weight excluding hydrogens is 589 g/mol. The van der Waals surface area contributed by atoms with Gasteiger partial charge in [0.25, 0.3) is 0 Å². The predicted octanol–water partition coefficient (Wildman–Crippen LogP) is 2.90. The van der Waals surface area contributed by atoms with E-state index in [-0.39, 0.29) is 9.76 Å². The Balaban J connectivity index is 0.000000440. The molecule has 10 fully saturated rings. The van der Waals surface area contributed by atoms with Gasteiger partial charge in [-0.05, 0) is 111 Å². The lowest BCUT2D eigenvalue weighted by atomic mass is 9.76. The fraction of sp³-hybridized carbons (Fsp3) is 1.00. The van der Waals surface area contributed by atoms with Gasteiger partial charge in [0, 0.05) is 6.61 Å². The van der Waals surface area contributed by atoms with E-state index in [1.54, 1.807) is 0 Å². The van der Waals surface area contributed by atoms with E-state index in [0.717, 1.165) is 54.0 Å². The Hall–Kier alpha value is -0.143. The summed E-state index contributed by atoms with van der Waals surface area (Å²) in [6.45, 7) is 1.06. The molecule has 0 amide bonds. The highest BCUT2D eigenvalue weighted by molar-refractivity contribution is 6.27. The Morgan fingerprint density at radius 2 is 0.543 bits per heavy atom. The number of nitrogens with one attached hydrogen (secondary N) is 8. The van der Waals surface area contributed by atoms with Crippen molar-refractivity contribution >= 4 is 9.76 Å². The fourth-order valence-electron chi connectivity index (χ4n) is 12.7. The van der Waals surface area contributed by atoms with Gasteiger partial charge in [-0.2, -0.15) is 0 Å². The third-order valence-electron chi connectivity index (χ3n) is 14.9. The van der Waals surface area contributed by atoms with Crippen molar-refractivity contribution in [2.45, 2.75) is 171 Å². The van der Waals surface area contributed by atoms with Crippen LogP contribution in [0.5, 0.6) is 0 Å². The van der Waals surface area contributed by atoms with Crippen molar-refractivity contribution in [3.63, 3.8) is 0 Å². The zero-order valence-corrected chi connectivity index (χ0v) is 29.9.